The Morgan fingerprint density at radius 2 is 1.07 bits per heavy atom. The molecule has 3 aromatic rings. The van der Waals surface area contributed by atoms with Crippen molar-refractivity contribution in [2.24, 2.45) is 0 Å². The van der Waals surface area contributed by atoms with Gasteiger partial charge >= 0.3 is 30.2 Å². The lowest BCUT2D eigenvalue weighted by molar-refractivity contribution is -0.160. The number of hydrogen-bond acceptors (Lipinski definition) is 11. The number of unbranched alkanes of at least 4 members (excludes halogenated alkanes) is 1. The van der Waals surface area contributed by atoms with Gasteiger partial charge in [-0.3, -0.25) is 9.59 Å². The second-order valence-electron chi connectivity index (χ2n) is 15.0. The molecule has 0 heterocycles. The maximum atomic E-state index is 14.5. The molecule has 3 aromatic carbocycles. The highest BCUT2D eigenvalue weighted by Gasteiger charge is 2.39. The van der Waals surface area contributed by atoms with Crippen LogP contribution in [0.2, 0.25) is 0 Å². The van der Waals surface area contributed by atoms with Crippen molar-refractivity contribution in [3.05, 3.63) is 108 Å². The van der Waals surface area contributed by atoms with E-state index in [-0.39, 0.29) is 39.2 Å². The van der Waals surface area contributed by atoms with Gasteiger partial charge in [0, 0.05) is 6.54 Å². The molecule has 308 valence electrons. The fourth-order valence-electron chi connectivity index (χ4n) is 5.07. The Labute approximate surface area is 333 Å². The van der Waals surface area contributed by atoms with Gasteiger partial charge in [0.05, 0.1) is 6.42 Å². The van der Waals surface area contributed by atoms with Gasteiger partial charge in [0.2, 0.25) is 0 Å². The number of hydrogen-bond donors (Lipinski definition) is 3. The van der Waals surface area contributed by atoms with E-state index in [0.717, 1.165) is 5.56 Å². The van der Waals surface area contributed by atoms with Crippen molar-refractivity contribution >= 4 is 36.1 Å². The number of alkyl carbamates (subject to hydrolysis) is 2. The quantitative estimate of drug-likeness (QED) is 0.0587. The first-order valence-electron chi connectivity index (χ1n) is 18.7. The van der Waals surface area contributed by atoms with Crippen molar-refractivity contribution in [2.45, 2.75) is 110 Å². The van der Waals surface area contributed by atoms with Crippen molar-refractivity contribution < 1.29 is 52.5 Å². The van der Waals surface area contributed by atoms with Gasteiger partial charge in [0.1, 0.15) is 37.1 Å². The molecule has 3 N–H and O–H groups in total. The highest BCUT2D eigenvalue weighted by molar-refractivity contribution is 5.93. The van der Waals surface area contributed by atoms with E-state index in [1.54, 1.807) is 102 Å². The molecular weight excluding hydrogens is 736 g/mol. The molecule has 0 aromatic heterocycles. The number of benzene rings is 3. The Kier molecular flexibility index (Phi) is 17.8. The Hall–Kier alpha value is -6.12. The van der Waals surface area contributed by atoms with Crippen LogP contribution in [-0.4, -0.2) is 71.0 Å². The van der Waals surface area contributed by atoms with E-state index in [9.17, 15) is 28.8 Å². The van der Waals surface area contributed by atoms with Crippen LogP contribution < -0.4 is 16.1 Å². The minimum atomic E-state index is -1.69. The van der Waals surface area contributed by atoms with Gasteiger partial charge in [-0.25, -0.2) is 29.6 Å². The fraction of sp³-hybridized carbons (Fsp3) is 0.429. The largest absolute Gasteiger partial charge is 0.461 e. The second-order valence-corrected chi connectivity index (χ2v) is 15.0. The predicted molar refractivity (Wildman–Crippen MR) is 209 cm³/mol. The molecule has 4 amide bonds. The number of ether oxygens (including phenoxy) is 5. The van der Waals surface area contributed by atoms with Crippen molar-refractivity contribution in [1.29, 1.82) is 0 Å². The molecular formula is C42H54N4O11. The maximum absolute atomic E-state index is 14.5. The molecule has 0 aliphatic rings. The van der Waals surface area contributed by atoms with Gasteiger partial charge in [-0.15, -0.1) is 0 Å². The van der Waals surface area contributed by atoms with Crippen molar-refractivity contribution in [3.8, 4) is 0 Å². The monoisotopic (exact) mass is 790 g/mol. The lowest BCUT2D eigenvalue weighted by atomic mass is 10.1. The number of nitrogens with zero attached hydrogens (tertiary/aromatic N) is 1. The molecule has 0 spiro atoms. The van der Waals surface area contributed by atoms with Crippen molar-refractivity contribution in [1.82, 2.24) is 21.1 Å². The number of rotatable bonds is 17. The molecule has 0 aliphatic carbocycles. The van der Waals surface area contributed by atoms with Gasteiger partial charge in [-0.05, 0) is 77.5 Å². The lowest BCUT2D eigenvalue weighted by Gasteiger charge is -2.34. The molecule has 2 atom stereocenters. The van der Waals surface area contributed by atoms with E-state index >= 15 is 0 Å². The van der Waals surface area contributed by atoms with Crippen LogP contribution in [-0.2, 0) is 57.9 Å². The van der Waals surface area contributed by atoms with Crippen LogP contribution in [0.25, 0.3) is 0 Å². The standard InChI is InChI=1S/C42H54N4O11/c1-41(2,3)56-39(51)44-33(26-35(47)53-27-30-18-10-7-11-19-30)36(48)46(45-40(52)57-42(4,5)6)34(37(49)54-28-31-20-12-8-13-21-31)24-16-17-25-43-38(50)55-29-32-22-14-9-15-23-32/h7-15,18-23,33-34H,16-17,24-29H2,1-6H3,(H,43,50)(H,44,51)(H,45,52)/t33-,34+/m0/s1. The normalized spacial score (nSPS) is 12.2. The summed E-state index contributed by atoms with van der Waals surface area (Å²) in [7, 11) is 0. The molecule has 3 rings (SSSR count). The van der Waals surface area contributed by atoms with Crippen LogP contribution in [0.3, 0.4) is 0 Å². The predicted octanol–water partition coefficient (Wildman–Crippen LogP) is 6.49. The zero-order chi connectivity index (χ0) is 41.8. The van der Waals surface area contributed by atoms with E-state index in [1.807, 2.05) is 30.3 Å². The number of amides is 4. The Bertz CT molecular complexity index is 1740. The average Bonchev–Trinajstić information content (AvgIpc) is 3.15. The molecule has 0 radical (unpaired) electrons. The summed E-state index contributed by atoms with van der Waals surface area (Å²) in [6, 6.07) is 23.6. The first-order chi connectivity index (χ1) is 27.0. The first kappa shape index (κ1) is 45.3. The van der Waals surface area contributed by atoms with E-state index in [2.05, 4.69) is 16.1 Å². The summed E-state index contributed by atoms with van der Waals surface area (Å²) in [4.78, 5) is 80.3. The van der Waals surface area contributed by atoms with E-state index in [0.29, 0.717) is 22.6 Å². The van der Waals surface area contributed by atoms with Gasteiger partial charge in [0.25, 0.3) is 5.91 Å². The summed E-state index contributed by atoms with van der Waals surface area (Å²) in [6.07, 6.45) is -3.01. The SMILES string of the molecule is CC(C)(C)OC(=O)N[C@@H](CC(=O)OCc1ccccc1)C(=O)N(NC(=O)OC(C)(C)C)[C@H](CCCCNC(=O)OCc1ccccc1)C(=O)OCc1ccccc1. The molecule has 0 saturated carbocycles. The number of nitrogens with one attached hydrogen (secondary N) is 3. The summed E-state index contributed by atoms with van der Waals surface area (Å²) in [5.41, 5.74) is 2.53. The summed E-state index contributed by atoms with van der Waals surface area (Å²) in [5, 5.41) is 5.77. The highest BCUT2D eigenvalue weighted by Crippen LogP contribution is 2.17. The summed E-state index contributed by atoms with van der Waals surface area (Å²) >= 11 is 0. The van der Waals surface area contributed by atoms with Gasteiger partial charge in [-0.2, -0.15) is 0 Å². The lowest BCUT2D eigenvalue weighted by Crippen LogP contribution is -2.61. The number of hydrazine groups is 1. The maximum Gasteiger partial charge on any atom is 0.426 e. The van der Waals surface area contributed by atoms with Gasteiger partial charge < -0.3 is 34.3 Å². The summed E-state index contributed by atoms with van der Waals surface area (Å²) < 4.78 is 27.1. The van der Waals surface area contributed by atoms with Crippen molar-refractivity contribution in [2.75, 3.05) is 6.54 Å². The van der Waals surface area contributed by atoms with E-state index < -0.39 is 65.8 Å². The molecule has 0 bridgehead atoms. The molecule has 0 fully saturated rings. The topological polar surface area (TPSA) is 188 Å². The average molecular weight is 791 g/mol. The Morgan fingerprint density at radius 3 is 1.58 bits per heavy atom. The molecule has 15 heteroatoms. The van der Waals surface area contributed by atoms with Crippen LogP contribution in [0, 0.1) is 0 Å². The summed E-state index contributed by atoms with van der Waals surface area (Å²) in [6.45, 7) is 9.63. The zero-order valence-corrected chi connectivity index (χ0v) is 33.4. The third-order valence-corrected chi connectivity index (χ3v) is 7.64. The molecule has 57 heavy (non-hydrogen) atoms. The number of esters is 2. The third-order valence-electron chi connectivity index (χ3n) is 7.64. The zero-order valence-electron chi connectivity index (χ0n) is 33.4. The Balaban J connectivity index is 1.88. The van der Waals surface area contributed by atoms with Crippen molar-refractivity contribution in [3.63, 3.8) is 0 Å². The third kappa shape index (κ3) is 18.4. The highest BCUT2D eigenvalue weighted by atomic mass is 16.6. The Morgan fingerprint density at radius 1 is 0.596 bits per heavy atom. The van der Waals surface area contributed by atoms with Crippen LogP contribution in [0.5, 0.6) is 0 Å². The molecule has 0 saturated heterocycles. The number of carbonyl (C=O) groups excluding carboxylic acids is 6. The first-order valence-corrected chi connectivity index (χ1v) is 18.7. The van der Waals surface area contributed by atoms with E-state index in [1.165, 1.54) is 0 Å². The minimum Gasteiger partial charge on any atom is -0.461 e. The van der Waals surface area contributed by atoms with Crippen LogP contribution >= 0.6 is 0 Å². The smallest absolute Gasteiger partial charge is 0.426 e. The summed E-state index contributed by atoms with van der Waals surface area (Å²) in [5.74, 6) is -2.83. The molecule has 0 aliphatic heterocycles. The van der Waals surface area contributed by atoms with Crippen LogP contribution in [0.1, 0.15) is 83.9 Å². The molecule has 0 unspecified atom stereocenters. The van der Waals surface area contributed by atoms with Crippen LogP contribution in [0.15, 0.2) is 91.0 Å². The van der Waals surface area contributed by atoms with Gasteiger partial charge in [0.15, 0.2) is 6.04 Å². The number of carbonyl (C=O) groups is 6. The molecule has 15 nitrogen and oxygen atoms in total. The van der Waals surface area contributed by atoms with E-state index in [4.69, 9.17) is 23.7 Å². The second kappa shape index (κ2) is 22.4. The van der Waals surface area contributed by atoms with Gasteiger partial charge in [-0.1, -0.05) is 91.0 Å². The van der Waals surface area contributed by atoms with Crippen LogP contribution in [0.4, 0.5) is 14.4 Å². The fourth-order valence-corrected chi connectivity index (χ4v) is 5.07. The minimum absolute atomic E-state index is 0.0771.